The van der Waals surface area contributed by atoms with Gasteiger partial charge in [-0.3, -0.25) is 4.98 Å². The number of aromatic nitrogens is 1. The Hall–Kier alpha value is -3.87. The standard InChI is InChI=1S/C19H15N3O4/c23-17-11-13(21-19(25)22-14-5-4-10-20-12-14)8-9-16(17)18(24)26-15-6-2-1-3-7-15/h1-12,23H,(H2,21,22,25). The number of nitrogens with one attached hydrogen (secondary N) is 2. The van der Waals surface area contributed by atoms with Gasteiger partial charge in [0, 0.05) is 18.0 Å². The maximum absolute atomic E-state index is 12.1. The van der Waals surface area contributed by atoms with E-state index in [-0.39, 0.29) is 11.3 Å². The van der Waals surface area contributed by atoms with Crippen LogP contribution in [-0.4, -0.2) is 22.1 Å². The molecule has 3 rings (SSSR count). The number of nitrogens with zero attached hydrogens (tertiary/aromatic N) is 1. The van der Waals surface area contributed by atoms with E-state index in [0.717, 1.165) is 0 Å². The number of ether oxygens (including phenoxy) is 1. The van der Waals surface area contributed by atoms with Crippen LogP contribution < -0.4 is 15.4 Å². The van der Waals surface area contributed by atoms with Gasteiger partial charge in [-0.1, -0.05) is 18.2 Å². The van der Waals surface area contributed by atoms with Gasteiger partial charge in [0.1, 0.15) is 17.1 Å². The predicted molar refractivity (Wildman–Crippen MR) is 96.4 cm³/mol. The lowest BCUT2D eigenvalue weighted by molar-refractivity contribution is 0.0731. The molecule has 7 heteroatoms. The molecule has 2 aromatic carbocycles. The molecule has 0 aliphatic heterocycles. The zero-order valence-corrected chi connectivity index (χ0v) is 13.5. The normalized spacial score (nSPS) is 10.0. The lowest BCUT2D eigenvalue weighted by Crippen LogP contribution is -2.19. The average Bonchev–Trinajstić information content (AvgIpc) is 2.63. The molecule has 0 fully saturated rings. The molecule has 130 valence electrons. The third-order valence-electron chi connectivity index (χ3n) is 3.35. The highest BCUT2D eigenvalue weighted by Gasteiger charge is 2.15. The van der Waals surface area contributed by atoms with Crippen molar-refractivity contribution in [2.45, 2.75) is 0 Å². The summed E-state index contributed by atoms with van der Waals surface area (Å²) in [6.07, 6.45) is 3.09. The van der Waals surface area contributed by atoms with E-state index in [9.17, 15) is 14.7 Å². The third-order valence-corrected chi connectivity index (χ3v) is 3.35. The summed E-state index contributed by atoms with van der Waals surface area (Å²) >= 11 is 0. The molecular weight excluding hydrogens is 334 g/mol. The second kappa shape index (κ2) is 7.80. The Bertz CT molecular complexity index is 915. The Morgan fingerprint density at radius 3 is 2.38 bits per heavy atom. The summed E-state index contributed by atoms with van der Waals surface area (Å²) in [6, 6.07) is 15.5. The van der Waals surface area contributed by atoms with Gasteiger partial charge in [-0.05, 0) is 36.4 Å². The molecule has 2 amide bonds. The van der Waals surface area contributed by atoms with Gasteiger partial charge < -0.3 is 20.5 Å². The number of benzene rings is 2. The highest BCUT2D eigenvalue weighted by Crippen LogP contribution is 2.24. The second-order valence-electron chi connectivity index (χ2n) is 5.26. The van der Waals surface area contributed by atoms with Crippen LogP contribution in [0.2, 0.25) is 0 Å². The molecule has 3 aromatic rings. The maximum Gasteiger partial charge on any atom is 0.347 e. The zero-order chi connectivity index (χ0) is 18.4. The van der Waals surface area contributed by atoms with Crippen LogP contribution in [0.4, 0.5) is 16.2 Å². The number of rotatable bonds is 4. The number of pyridine rings is 1. The smallest absolute Gasteiger partial charge is 0.347 e. The van der Waals surface area contributed by atoms with E-state index in [1.165, 1.54) is 24.4 Å². The molecule has 1 heterocycles. The molecule has 0 atom stereocenters. The van der Waals surface area contributed by atoms with Crippen LogP contribution in [0.25, 0.3) is 0 Å². The lowest BCUT2D eigenvalue weighted by Gasteiger charge is -2.10. The zero-order valence-electron chi connectivity index (χ0n) is 13.5. The fraction of sp³-hybridized carbons (Fsp3) is 0. The van der Waals surface area contributed by atoms with Crippen molar-refractivity contribution in [2.75, 3.05) is 10.6 Å². The van der Waals surface area contributed by atoms with E-state index >= 15 is 0 Å². The Balaban J connectivity index is 1.65. The Morgan fingerprint density at radius 1 is 0.923 bits per heavy atom. The SMILES string of the molecule is O=C(Nc1cccnc1)Nc1ccc(C(=O)Oc2ccccc2)c(O)c1. The van der Waals surface area contributed by atoms with E-state index in [2.05, 4.69) is 15.6 Å². The first-order chi connectivity index (χ1) is 12.6. The van der Waals surface area contributed by atoms with Crippen molar-refractivity contribution in [3.63, 3.8) is 0 Å². The number of para-hydroxylation sites is 1. The summed E-state index contributed by atoms with van der Waals surface area (Å²) in [6.45, 7) is 0. The highest BCUT2D eigenvalue weighted by molar-refractivity contribution is 6.00. The van der Waals surface area contributed by atoms with Crippen molar-refractivity contribution >= 4 is 23.4 Å². The summed E-state index contributed by atoms with van der Waals surface area (Å²) in [5.41, 5.74) is 0.838. The van der Waals surface area contributed by atoms with E-state index < -0.39 is 12.0 Å². The van der Waals surface area contributed by atoms with Gasteiger partial charge in [-0.25, -0.2) is 9.59 Å². The van der Waals surface area contributed by atoms with Crippen LogP contribution >= 0.6 is 0 Å². The Kier molecular flexibility index (Phi) is 5.09. The van der Waals surface area contributed by atoms with Gasteiger partial charge >= 0.3 is 12.0 Å². The molecule has 0 aliphatic carbocycles. The summed E-state index contributed by atoms with van der Waals surface area (Å²) in [5, 5.41) is 15.2. The van der Waals surface area contributed by atoms with Gasteiger partial charge in [-0.2, -0.15) is 0 Å². The highest BCUT2D eigenvalue weighted by atomic mass is 16.5. The van der Waals surface area contributed by atoms with Crippen molar-refractivity contribution < 1.29 is 19.4 Å². The molecular formula is C19H15N3O4. The summed E-state index contributed by atoms with van der Waals surface area (Å²) in [5.74, 6) is -0.625. The van der Waals surface area contributed by atoms with E-state index in [1.807, 2.05) is 0 Å². The van der Waals surface area contributed by atoms with Crippen molar-refractivity contribution in [1.82, 2.24) is 4.98 Å². The van der Waals surface area contributed by atoms with Gasteiger partial charge in [0.05, 0.1) is 11.9 Å². The molecule has 0 radical (unpaired) electrons. The summed E-state index contributed by atoms with van der Waals surface area (Å²) in [4.78, 5) is 27.9. The first-order valence-electron chi connectivity index (χ1n) is 7.70. The minimum atomic E-state index is -0.694. The molecule has 7 nitrogen and oxygen atoms in total. The van der Waals surface area contributed by atoms with Crippen LogP contribution in [-0.2, 0) is 0 Å². The number of carbonyl (C=O) groups is 2. The third kappa shape index (κ3) is 4.35. The van der Waals surface area contributed by atoms with E-state index in [1.54, 1.807) is 48.7 Å². The Labute approximate surface area is 149 Å². The van der Waals surface area contributed by atoms with Gasteiger partial charge in [-0.15, -0.1) is 0 Å². The molecule has 0 saturated heterocycles. The number of esters is 1. The van der Waals surface area contributed by atoms with Crippen LogP contribution in [0.5, 0.6) is 11.5 Å². The molecule has 0 spiro atoms. The van der Waals surface area contributed by atoms with Gasteiger partial charge in [0.2, 0.25) is 0 Å². The molecule has 0 bridgehead atoms. The minimum Gasteiger partial charge on any atom is -0.507 e. The van der Waals surface area contributed by atoms with Gasteiger partial charge in [0.25, 0.3) is 0 Å². The number of hydrogen-bond acceptors (Lipinski definition) is 5. The molecule has 1 aromatic heterocycles. The fourth-order valence-electron chi connectivity index (χ4n) is 2.16. The molecule has 0 saturated carbocycles. The fourth-order valence-corrected chi connectivity index (χ4v) is 2.16. The maximum atomic E-state index is 12.1. The van der Waals surface area contributed by atoms with Crippen molar-refractivity contribution in [3.05, 3.63) is 78.6 Å². The first-order valence-corrected chi connectivity index (χ1v) is 7.70. The van der Waals surface area contributed by atoms with Crippen LogP contribution in [0, 0.1) is 0 Å². The first kappa shape index (κ1) is 17.0. The molecule has 0 aliphatic rings. The second-order valence-corrected chi connectivity index (χ2v) is 5.26. The van der Waals surface area contributed by atoms with Crippen molar-refractivity contribution in [2.24, 2.45) is 0 Å². The number of aromatic hydroxyl groups is 1. The number of phenols is 1. The number of phenolic OH excluding ortho intramolecular Hbond substituents is 1. The van der Waals surface area contributed by atoms with E-state index in [4.69, 9.17) is 4.74 Å². The lowest BCUT2D eigenvalue weighted by atomic mass is 10.2. The van der Waals surface area contributed by atoms with Crippen molar-refractivity contribution in [3.8, 4) is 11.5 Å². The summed E-state index contributed by atoms with van der Waals surface area (Å²) < 4.78 is 5.18. The number of anilines is 2. The Morgan fingerprint density at radius 2 is 1.69 bits per heavy atom. The summed E-state index contributed by atoms with van der Waals surface area (Å²) in [7, 11) is 0. The number of carbonyl (C=O) groups excluding carboxylic acids is 2. The van der Waals surface area contributed by atoms with Crippen LogP contribution in [0.15, 0.2) is 73.1 Å². The molecule has 26 heavy (non-hydrogen) atoms. The number of urea groups is 1. The number of amides is 2. The minimum absolute atomic E-state index is 0.00734. The van der Waals surface area contributed by atoms with E-state index in [0.29, 0.717) is 17.1 Å². The topological polar surface area (TPSA) is 101 Å². The molecule has 3 N–H and O–H groups in total. The quantitative estimate of drug-likeness (QED) is 0.493. The van der Waals surface area contributed by atoms with Gasteiger partial charge in [0.15, 0.2) is 0 Å². The molecule has 0 unspecified atom stereocenters. The van der Waals surface area contributed by atoms with Crippen LogP contribution in [0.3, 0.4) is 0 Å². The number of hydrogen-bond donors (Lipinski definition) is 3. The largest absolute Gasteiger partial charge is 0.507 e. The average molecular weight is 349 g/mol. The van der Waals surface area contributed by atoms with Crippen LogP contribution in [0.1, 0.15) is 10.4 Å². The van der Waals surface area contributed by atoms with Crippen molar-refractivity contribution in [1.29, 1.82) is 0 Å². The monoisotopic (exact) mass is 349 g/mol. The predicted octanol–water partition coefficient (Wildman–Crippen LogP) is 3.65.